The third kappa shape index (κ3) is 2.75. The number of hydrogen-bond acceptors (Lipinski definition) is 2. The second-order valence-corrected chi connectivity index (χ2v) is 5.79. The Labute approximate surface area is 121 Å². The quantitative estimate of drug-likeness (QED) is 0.904. The Balaban J connectivity index is 1.77. The number of aryl methyl sites for hydroxylation is 2. The number of pyridine rings is 1. The molecule has 0 bridgehead atoms. The largest absolute Gasteiger partial charge is 0.302 e. The molecule has 2 heteroatoms. The van der Waals surface area contributed by atoms with Crippen molar-refractivity contribution >= 4 is 0 Å². The highest BCUT2D eigenvalue weighted by atomic mass is 15.0. The Morgan fingerprint density at radius 2 is 2.00 bits per heavy atom. The van der Waals surface area contributed by atoms with Gasteiger partial charge in [0.05, 0.1) is 11.7 Å². The van der Waals surface area contributed by atoms with E-state index in [2.05, 4.69) is 54.5 Å². The summed E-state index contributed by atoms with van der Waals surface area (Å²) in [5, 5.41) is 3.75. The van der Waals surface area contributed by atoms with Crippen LogP contribution in [0.5, 0.6) is 0 Å². The Morgan fingerprint density at radius 1 is 1.20 bits per heavy atom. The van der Waals surface area contributed by atoms with Crippen LogP contribution in [0.4, 0.5) is 0 Å². The summed E-state index contributed by atoms with van der Waals surface area (Å²) >= 11 is 0. The van der Waals surface area contributed by atoms with Crippen molar-refractivity contribution in [3.8, 4) is 0 Å². The van der Waals surface area contributed by atoms with Gasteiger partial charge in [0.1, 0.15) is 0 Å². The molecule has 1 aliphatic rings. The molecule has 20 heavy (non-hydrogen) atoms. The molecule has 3 rings (SSSR count). The van der Waals surface area contributed by atoms with Gasteiger partial charge in [-0.2, -0.15) is 0 Å². The zero-order chi connectivity index (χ0) is 13.9. The van der Waals surface area contributed by atoms with Crippen LogP contribution in [0.1, 0.15) is 54.2 Å². The molecule has 2 nitrogen and oxygen atoms in total. The molecule has 2 aromatic rings. The molecule has 1 N–H and O–H groups in total. The van der Waals surface area contributed by atoms with Gasteiger partial charge >= 0.3 is 0 Å². The topological polar surface area (TPSA) is 24.9 Å². The molecule has 2 unspecified atom stereocenters. The van der Waals surface area contributed by atoms with Gasteiger partial charge < -0.3 is 5.32 Å². The summed E-state index contributed by atoms with van der Waals surface area (Å²) < 4.78 is 0. The highest BCUT2D eigenvalue weighted by Gasteiger charge is 2.22. The minimum Gasteiger partial charge on any atom is -0.302 e. The van der Waals surface area contributed by atoms with E-state index in [1.807, 2.05) is 12.3 Å². The fourth-order valence-electron chi connectivity index (χ4n) is 3.02. The summed E-state index contributed by atoms with van der Waals surface area (Å²) in [5.41, 5.74) is 5.31. The van der Waals surface area contributed by atoms with Crippen molar-refractivity contribution in [1.29, 1.82) is 0 Å². The van der Waals surface area contributed by atoms with Crippen molar-refractivity contribution in [2.75, 3.05) is 0 Å². The predicted molar refractivity (Wildman–Crippen MR) is 82.6 cm³/mol. The van der Waals surface area contributed by atoms with Crippen LogP contribution in [0.25, 0.3) is 0 Å². The van der Waals surface area contributed by atoms with Gasteiger partial charge in [0.15, 0.2) is 0 Å². The van der Waals surface area contributed by atoms with E-state index in [9.17, 15) is 0 Å². The average Bonchev–Trinajstić information content (AvgIpc) is 2.48. The minimum absolute atomic E-state index is 0.355. The SMILES string of the molecule is Cc1ccc(C(C)NC2CCCc3cccnc32)cc1. The van der Waals surface area contributed by atoms with Crippen LogP contribution >= 0.6 is 0 Å². The lowest BCUT2D eigenvalue weighted by atomic mass is 9.91. The van der Waals surface area contributed by atoms with Crippen LogP contribution in [0.2, 0.25) is 0 Å². The molecule has 2 atom stereocenters. The Hall–Kier alpha value is -1.67. The van der Waals surface area contributed by atoms with Crippen molar-refractivity contribution in [3.63, 3.8) is 0 Å². The van der Waals surface area contributed by atoms with E-state index >= 15 is 0 Å². The standard InChI is InChI=1S/C18H22N2/c1-13-8-10-15(11-9-13)14(2)20-17-7-3-5-16-6-4-12-19-18(16)17/h4,6,8-12,14,17,20H,3,5,7H2,1-2H3. The maximum Gasteiger partial charge on any atom is 0.0605 e. The van der Waals surface area contributed by atoms with Gasteiger partial charge in [-0.25, -0.2) is 0 Å². The van der Waals surface area contributed by atoms with Gasteiger partial charge in [-0.3, -0.25) is 4.98 Å². The van der Waals surface area contributed by atoms with Crippen molar-refractivity contribution in [3.05, 3.63) is 65.0 Å². The van der Waals surface area contributed by atoms with Gasteiger partial charge in [0.2, 0.25) is 0 Å². The summed E-state index contributed by atoms with van der Waals surface area (Å²) in [4.78, 5) is 4.60. The van der Waals surface area contributed by atoms with Crippen molar-refractivity contribution in [2.45, 2.75) is 45.2 Å². The molecule has 1 aromatic heterocycles. The first-order valence-corrected chi connectivity index (χ1v) is 7.50. The molecule has 0 fully saturated rings. The Bertz CT molecular complexity index is 574. The molecular formula is C18H22N2. The molecule has 1 aliphatic carbocycles. The first kappa shape index (κ1) is 13.3. The van der Waals surface area contributed by atoms with E-state index in [0.29, 0.717) is 12.1 Å². The minimum atomic E-state index is 0.355. The van der Waals surface area contributed by atoms with Crippen LogP contribution in [0.3, 0.4) is 0 Å². The second-order valence-electron chi connectivity index (χ2n) is 5.79. The van der Waals surface area contributed by atoms with Crippen molar-refractivity contribution in [2.24, 2.45) is 0 Å². The smallest absolute Gasteiger partial charge is 0.0605 e. The average molecular weight is 266 g/mol. The van der Waals surface area contributed by atoms with Gasteiger partial charge in [0.25, 0.3) is 0 Å². The maximum absolute atomic E-state index is 4.60. The first-order chi connectivity index (χ1) is 9.74. The number of benzene rings is 1. The third-order valence-corrected chi connectivity index (χ3v) is 4.22. The zero-order valence-electron chi connectivity index (χ0n) is 12.3. The molecule has 0 aliphatic heterocycles. The van der Waals surface area contributed by atoms with Gasteiger partial charge in [-0.1, -0.05) is 35.9 Å². The fourth-order valence-corrected chi connectivity index (χ4v) is 3.02. The first-order valence-electron chi connectivity index (χ1n) is 7.50. The summed E-state index contributed by atoms with van der Waals surface area (Å²) in [6.07, 6.45) is 5.51. The normalized spacial score (nSPS) is 19.4. The number of nitrogens with zero attached hydrogens (tertiary/aromatic N) is 1. The molecule has 0 amide bonds. The summed E-state index contributed by atoms with van der Waals surface area (Å²) in [6.45, 7) is 4.37. The highest BCUT2D eigenvalue weighted by molar-refractivity contribution is 5.27. The molecule has 0 saturated heterocycles. The van der Waals surface area contributed by atoms with Crippen LogP contribution in [-0.2, 0) is 6.42 Å². The van der Waals surface area contributed by atoms with E-state index in [0.717, 1.165) is 0 Å². The monoisotopic (exact) mass is 266 g/mol. The lowest BCUT2D eigenvalue weighted by molar-refractivity contribution is 0.406. The molecule has 1 aromatic carbocycles. The van der Waals surface area contributed by atoms with Crippen LogP contribution in [0, 0.1) is 6.92 Å². The molecule has 0 spiro atoms. The van der Waals surface area contributed by atoms with Crippen LogP contribution < -0.4 is 5.32 Å². The second kappa shape index (κ2) is 5.76. The predicted octanol–water partition coefficient (Wildman–Crippen LogP) is 4.12. The Morgan fingerprint density at radius 3 is 2.80 bits per heavy atom. The van der Waals surface area contributed by atoms with Crippen molar-refractivity contribution < 1.29 is 0 Å². The maximum atomic E-state index is 4.60. The van der Waals surface area contributed by atoms with Crippen molar-refractivity contribution in [1.82, 2.24) is 10.3 Å². The number of fused-ring (bicyclic) bond motifs is 1. The molecule has 0 saturated carbocycles. The Kier molecular flexibility index (Phi) is 3.83. The molecule has 0 radical (unpaired) electrons. The zero-order valence-corrected chi connectivity index (χ0v) is 12.3. The molecule has 104 valence electrons. The van der Waals surface area contributed by atoms with E-state index < -0.39 is 0 Å². The van der Waals surface area contributed by atoms with E-state index in [-0.39, 0.29) is 0 Å². The highest BCUT2D eigenvalue weighted by Crippen LogP contribution is 2.30. The van der Waals surface area contributed by atoms with Gasteiger partial charge in [-0.05, 0) is 50.3 Å². The third-order valence-electron chi connectivity index (χ3n) is 4.22. The summed E-state index contributed by atoms with van der Waals surface area (Å²) in [5.74, 6) is 0. The summed E-state index contributed by atoms with van der Waals surface area (Å²) in [7, 11) is 0. The van der Waals surface area contributed by atoms with Gasteiger partial charge in [0, 0.05) is 12.2 Å². The van der Waals surface area contributed by atoms with E-state index in [1.54, 1.807) is 0 Å². The summed E-state index contributed by atoms with van der Waals surface area (Å²) in [6, 6.07) is 13.8. The lowest BCUT2D eigenvalue weighted by Gasteiger charge is -2.28. The van der Waals surface area contributed by atoms with Crippen LogP contribution in [0.15, 0.2) is 42.6 Å². The van der Waals surface area contributed by atoms with Gasteiger partial charge in [-0.15, -0.1) is 0 Å². The lowest BCUT2D eigenvalue weighted by Crippen LogP contribution is -2.28. The number of nitrogens with one attached hydrogen (secondary N) is 1. The number of rotatable bonds is 3. The molecular weight excluding hydrogens is 244 g/mol. The number of hydrogen-bond donors (Lipinski definition) is 1. The number of aromatic nitrogens is 1. The van der Waals surface area contributed by atoms with E-state index in [1.165, 1.54) is 41.6 Å². The molecule has 1 heterocycles. The van der Waals surface area contributed by atoms with E-state index in [4.69, 9.17) is 0 Å². The van der Waals surface area contributed by atoms with Crippen LogP contribution in [-0.4, -0.2) is 4.98 Å². The fraction of sp³-hybridized carbons (Fsp3) is 0.389.